The minimum atomic E-state index is -0.262. The van der Waals surface area contributed by atoms with Crippen molar-refractivity contribution in [1.82, 2.24) is 24.6 Å². The molecule has 0 aliphatic carbocycles. The zero-order chi connectivity index (χ0) is 18.3. The molecule has 26 heavy (non-hydrogen) atoms. The Morgan fingerprint density at radius 2 is 1.81 bits per heavy atom. The Morgan fingerprint density at radius 3 is 2.50 bits per heavy atom. The molecule has 0 bridgehead atoms. The van der Waals surface area contributed by atoms with Gasteiger partial charge in [-0.25, -0.2) is 4.68 Å². The van der Waals surface area contributed by atoms with Gasteiger partial charge in [0.1, 0.15) is 12.4 Å². The first kappa shape index (κ1) is 16.8. The van der Waals surface area contributed by atoms with Crippen molar-refractivity contribution in [3.63, 3.8) is 0 Å². The van der Waals surface area contributed by atoms with Crippen molar-refractivity contribution in [3.05, 3.63) is 53.0 Å². The summed E-state index contributed by atoms with van der Waals surface area (Å²) >= 11 is 0. The van der Waals surface area contributed by atoms with Gasteiger partial charge in [0, 0.05) is 31.9 Å². The molecule has 1 fully saturated rings. The molecule has 0 radical (unpaired) electrons. The second kappa shape index (κ2) is 6.57. The van der Waals surface area contributed by atoms with Gasteiger partial charge in [0.15, 0.2) is 0 Å². The summed E-state index contributed by atoms with van der Waals surface area (Å²) in [6.07, 6.45) is 1.53. The smallest absolute Gasteiger partial charge is 0.254 e. The van der Waals surface area contributed by atoms with E-state index in [-0.39, 0.29) is 11.9 Å². The maximum Gasteiger partial charge on any atom is 0.254 e. The average molecular weight is 352 g/mol. The van der Waals surface area contributed by atoms with Crippen molar-refractivity contribution in [1.29, 1.82) is 0 Å². The van der Waals surface area contributed by atoms with Gasteiger partial charge in [-0.3, -0.25) is 4.79 Å². The van der Waals surface area contributed by atoms with Crippen molar-refractivity contribution in [3.8, 4) is 0 Å². The summed E-state index contributed by atoms with van der Waals surface area (Å²) in [5.41, 5.74) is 3.83. The molecule has 7 heteroatoms. The van der Waals surface area contributed by atoms with Crippen molar-refractivity contribution in [2.24, 2.45) is 0 Å². The zero-order valence-electron chi connectivity index (χ0n) is 15.4. The lowest BCUT2D eigenvalue weighted by Gasteiger charge is -2.36. The third kappa shape index (κ3) is 2.88. The molecule has 1 N–H and O–H groups in total. The molecule has 4 rings (SSSR count). The summed E-state index contributed by atoms with van der Waals surface area (Å²) in [4.78, 5) is 21.9. The number of fused-ring (bicyclic) bond motifs is 1. The molecule has 1 atom stereocenters. The highest BCUT2D eigenvalue weighted by atomic mass is 16.2. The maximum absolute atomic E-state index is 13.4. The number of anilines is 1. The van der Waals surface area contributed by atoms with E-state index in [0.29, 0.717) is 5.95 Å². The van der Waals surface area contributed by atoms with Crippen LogP contribution in [0, 0.1) is 6.92 Å². The normalized spacial score (nSPS) is 20.7. The van der Waals surface area contributed by atoms with Gasteiger partial charge in [-0.2, -0.15) is 10.1 Å². The van der Waals surface area contributed by atoms with Gasteiger partial charge in [-0.1, -0.05) is 29.8 Å². The SMILES string of the molecule is CC1=C(C(=O)N2CCN(C)CC2)[C@@H](c2ccc(C)cc2)n2ncnc2N1. The monoisotopic (exact) mass is 352 g/mol. The molecule has 0 unspecified atom stereocenters. The van der Waals surface area contributed by atoms with E-state index < -0.39 is 0 Å². The Labute approximate surface area is 153 Å². The predicted molar refractivity (Wildman–Crippen MR) is 99.7 cm³/mol. The van der Waals surface area contributed by atoms with Gasteiger partial charge < -0.3 is 15.1 Å². The Morgan fingerprint density at radius 1 is 1.12 bits per heavy atom. The van der Waals surface area contributed by atoms with Crippen LogP contribution in [0.1, 0.15) is 24.1 Å². The molecule has 3 heterocycles. The molecule has 2 aliphatic rings. The number of hydrogen-bond acceptors (Lipinski definition) is 5. The fraction of sp³-hybridized carbons (Fsp3) is 0.421. The van der Waals surface area contributed by atoms with Crippen LogP contribution < -0.4 is 5.32 Å². The van der Waals surface area contributed by atoms with Gasteiger partial charge in [-0.15, -0.1) is 0 Å². The fourth-order valence-electron chi connectivity index (χ4n) is 3.60. The van der Waals surface area contributed by atoms with Crippen LogP contribution >= 0.6 is 0 Å². The largest absolute Gasteiger partial charge is 0.336 e. The molecule has 2 aromatic rings. The highest BCUT2D eigenvalue weighted by molar-refractivity contribution is 5.96. The maximum atomic E-state index is 13.4. The molecular weight excluding hydrogens is 328 g/mol. The second-order valence-electron chi connectivity index (χ2n) is 7.10. The van der Waals surface area contributed by atoms with Crippen LogP contribution in [0.15, 0.2) is 41.9 Å². The molecule has 1 aromatic carbocycles. The Bertz CT molecular complexity index is 845. The van der Waals surface area contributed by atoms with E-state index in [1.54, 1.807) is 4.68 Å². The molecule has 1 saturated heterocycles. The first-order valence-corrected chi connectivity index (χ1v) is 8.96. The molecule has 2 aliphatic heterocycles. The molecule has 0 spiro atoms. The van der Waals surface area contributed by atoms with Crippen LogP contribution in [0.5, 0.6) is 0 Å². The summed E-state index contributed by atoms with van der Waals surface area (Å²) in [6, 6.07) is 8.02. The highest BCUT2D eigenvalue weighted by Gasteiger charge is 2.35. The molecule has 0 saturated carbocycles. The summed E-state index contributed by atoms with van der Waals surface area (Å²) in [7, 11) is 2.09. The summed E-state index contributed by atoms with van der Waals surface area (Å²) in [5.74, 6) is 0.748. The quantitative estimate of drug-likeness (QED) is 0.890. The second-order valence-corrected chi connectivity index (χ2v) is 7.10. The lowest BCUT2D eigenvalue weighted by molar-refractivity contribution is -0.129. The van der Waals surface area contributed by atoms with E-state index in [0.717, 1.165) is 43.0 Å². The van der Waals surface area contributed by atoms with Crippen molar-refractivity contribution < 1.29 is 4.79 Å². The molecule has 1 amide bonds. The number of amides is 1. The summed E-state index contributed by atoms with van der Waals surface area (Å²) < 4.78 is 1.81. The lowest BCUT2D eigenvalue weighted by Crippen LogP contribution is -2.49. The minimum absolute atomic E-state index is 0.0785. The Balaban J connectivity index is 1.75. The number of aromatic nitrogens is 3. The minimum Gasteiger partial charge on any atom is -0.336 e. The van der Waals surface area contributed by atoms with Crippen LogP contribution in [0.25, 0.3) is 0 Å². The van der Waals surface area contributed by atoms with Crippen LogP contribution in [0.2, 0.25) is 0 Å². The van der Waals surface area contributed by atoms with Crippen molar-refractivity contribution in [2.75, 3.05) is 38.5 Å². The number of rotatable bonds is 2. The highest BCUT2D eigenvalue weighted by Crippen LogP contribution is 2.35. The number of allylic oxidation sites excluding steroid dienone is 1. The van der Waals surface area contributed by atoms with Crippen LogP contribution in [0.4, 0.5) is 5.95 Å². The number of piperazine rings is 1. The first-order valence-electron chi connectivity index (χ1n) is 8.96. The molecular formula is C19H24N6O. The number of likely N-dealkylation sites (N-methyl/N-ethyl adjacent to an activating group) is 1. The third-order valence-electron chi connectivity index (χ3n) is 5.21. The van der Waals surface area contributed by atoms with E-state index in [1.807, 2.05) is 11.8 Å². The Kier molecular flexibility index (Phi) is 4.24. The van der Waals surface area contributed by atoms with Gasteiger partial charge in [0.05, 0.1) is 5.57 Å². The van der Waals surface area contributed by atoms with Gasteiger partial charge in [0.25, 0.3) is 5.91 Å². The third-order valence-corrected chi connectivity index (χ3v) is 5.21. The summed E-state index contributed by atoms with van der Waals surface area (Å²) in [6.45, 7) is 7.30. The average Bonchev–Trinajstić information content (AvgIpc) is 3.09. The predicted octanol–water partition coefficient (Wildman–Crippen LogP) is 1.65. The van der Waals surface area contributed by atoms with E-state index in [4.69, 9.17) is 0 Å². The van der Waals surface area contributed by atoms with Crippen LogP contribution in [-0.2, 0) is 4.79 Å². The van der Waals surface area contributed by atoms with Crippen LogP contribution in [-0.4, -0.2) is 63.7 Å². The Hall–Kier alpha value is -2.67. The number of carbonyl (C=O) groups is 1. The topological polar surface area (TPSA) is 66.3 Å². The van der Waals surface area contributed by atoms with Crippen LogP contribution in [0.3, 0.4) is 0 Å². The lowest BCUT2D eigenvalue weighted by atomic mass is 9.94. The van der Waals surface area contributed by atoms with Gasteiger partial charge in [0.2, 0.25) is 5.95 Å². The zero-order valence-corrected chi connectivity index (χ0v) is 15.4. The van der Waals surface area contributed by atoms with E-state index in [1.165, 1.54) is 11.9 Å². The van der Waals surface area contributed by atoms with Gasteiger partial charge >= 0.3 is 0 Å². The van der Waals surface area contributed by atoms with Crippen molar-refractivity contribution >= 4 is 11.9 Å². The van der Waals surface area contributed by atoms with Gasteiger partial charge in [-0.05, 0) is 26.5 Å². The van der Waals surface area contributed by atoms with Crippen molar-refractivity contribution in [2.45, 2.75) is 19.9 Å². The fourth-order valence-corrected chi connectivity index (χ4v) is 3.60. The number of aryl methyl sites for hydroxylation is 1. The molecule has 7 nitrogen and oxygen atoms in total. The first-order chi connectivity index (χ1) is 12.5. The molecule has 136 valence electrons. The number of carbonyl (C=O) groups excluding carboxylic acids is 1. The number of nitrogens with zero attached hydrogens (tertiary/aromatic N) is 5. The summed E-state index contributed by atoms with van der Waals surface area (Å²) in [5, 5.41) is 7.63. The van der Waals surface area contributed by atoms with E-state index in [9.17, 15) is 4.79 Å². The number of benzene rings is 1. The number of nitrogens with one attached hydrogen (secondary N) is 1. The van der Waals surface area contributed by atoms with E-state index in [2.05, 4.69) is 58.5 Å². The van der Waals surface area contributed by atoms with E-state index >= 15 is 0 Å². The standard InChI is InChI=1S/C19H24N6O/c1-13-4-6-15(7-5-13)17-16(14(2)22-19-20-12-21-25(17)19)18(26)24-10-8-23(3)9-11-24/h4-7,12,17H,8-11H2,1-3H3,(H,20,21,22)/t17-/m1/s1. The molecule has 1 aromatic heterocycles. The number of hydrogen-bond donors (Lipinski definition) is 1.